The number of hydrogen-bond donors (Lipinski definition) is 1. The lowest BCUT2D eigenvalue weighted by atomic mass is 9.87. The summed E-state index contributed by atoms with van der Waals surface area (Å²) in [5, 5.41) is 16.4. The van der Waals surface area contributed by atoms with E-state index in [0.717, 1.165) is 0 Å². The average molecular weight is 966 g/mol. The molecule has 9 heteroatoms. The zero-order chi connectivity index (χ0) is 49.8. The standard InChI is InChI=1S/C58H88O6Si3/c1-18-44(2)54(59)47(5)53(64-65(16,17)56(6,7)8)41-48(63-67(58(12,13)14,51-35-27-21-28-36-51)52-37-29-22-30-38-52)40-39-45(3)55(61-43-60-15)46(4)42-62-66(57(9,10)11,49-31-23-19-24-32-49)50-33-25-20-26-34-50/h18-40,44-48,53-55,59H,1,41-43H2,2-17H3/b40-39-/t44-,45-,46-,47-,48+,53-,54-,55-/m0/s1. The maximum absolute atomic E-state index is 11.9. The third-order valence-corrected chi connectivity index (χ3v) is 29.1. The van der Waals surface area contributed by atoms with Gasteiger partial charge in [-0.1, -0.05) is 230 Å². The van der Waals surface area contributed by atoms with Gasteiger partial charge in [0.1, 0.15) is 6.79 Å². The number of benzene rings is 4. The van der Waals surface area contributed by atoms with Crippen molar-refractivity contribution in [2.24, 2.45) is 23.7 Å². The van der Waals surface area contributed by atoms with Crippen LogP contribution in [0.5, 0.6) is 0 Å². The molecule has 0 aliphatic rings. The highest BCUT2D eigenvalue weighted by atomic mass is 28.4. The van der Waals surface area contributed by atoms with Gasteiger partial charge in [0, 0.05) is 43.8 Å². The van der Waals surface area contributed by atoms with Gasteiger partial charge >= 0.3 is 0 Å². The van der Waals surface area contributed by atoms with Crippen molar-refractivity contribution in [1.82, 2.24) is 0 Å². The van der Waals surface area contributed by atoms with Crippen LogP contribution in [-0.4, -0.2) is 75.0 Å². The van der Waals surface area contributed by atoms with Crippen LogP contribution in [0.25, 0.3) is 0 Å². The van der Waals surface area contributed by atoms with E-state index in [2.05, 4.69) is 236 Å². The Balaban J connectivity index is 1.88. The molecular formula is C58H88O6Si3. The van der Waals surface area contributed by atoms with Crippen LogP contribution in [0.4, 0.5) is 0 Å². The molecule has 0 fully saturated rings. The minimum Gasteiger partial charge on any atom is -0.413 e. The number of rotatable bonds is 24. The second-order valence-corrected chi connectivity index (χ2v) is 36.0. The number of aliphatic hydroxyl groups excluding tert-OH is 1. The lowest BCUT2D eigenvalue weighted by Gasteiger charge is -2.47. The van der Waals surface area contributed by atoms with E-state index < -0.39 is 31.1 Å². The minimum absolute atomic E-state index is 0.00211. The predicted octanol–water partition coefficient (Wildman–Crippen LogP) is 11.9. The Morgan fingerprint density at radius 1 is 0.582 bits per heavy atom. The summed E-state index contributed by atoms with van der Waals surface area (Å²) in [4.78, 5) is 0. The smallest absolute Gasteiger partial charge is 0.261 e. The fourth-order valence-corrected chi connectivity index (χ4v) is 20.3. The molecule has 0 bridgehead atoms. The van der Waals surface area contributed by atoms with Gasteiger partial charge in [-0.15, -0.1) is 6.58 Å². The van der Waals surface area contributed by atoms with Crippen LogP contribution in [0.15, 0.2) is 146 Å². The van der Waals surface area contributed by atoms with Crippen molar-refractivity contribution < 1.29 is 27.9 Å². The van der Waals surface area contributed by atoms with Gasteiger partial charge in [0.05, 0.1) is 24.4 Å². The van der Waals surface area contributed by atoms with Gasteiger partial charge in [-0.2, -0.15) is 0 Å². The molecule has 8 atom stereocenters. The lowest BCUT2D eigenvalue weighted by molar-refractivity contribution is -0.106. The van der Waals surface area contributed by atoms with Gasteiger partial charge in [0.25, 0.3) is 16.6 Å². The van der Waals surface area contributed by atoms with Gasteiger partial charge in [-0.25, -0.2) is 0 Å². The molecular weight excluding hydrogens is 877 g/mol. The Labute approximate surface area is 411 Å². The molecule has 0 amide bonds. The van der Waals surface area contributed by atoms with E-state index in [0.29, 0.717) is 13.0 Å². The molecule has 0 heterocycles. The fourth-order valence-electron chi connectivity index (χ4n) is 9.58. The topological polar surface area (TPSA) is 66.4 Å². The monoisotopic (exact) mass is 965 g/mol. The summed E-state index contributed by atoms with van der Waals surface area (Å²) in [6.07, 6.45) is 5.40. The molecule has 67 heavy (non-hydrogen) atoms. The molecule has 4 aromatic rings. The molecule has 6 nitrogen and oxygen atoms in total. The molecule has 0 aliphatic heterocycles. The highest BCUT2D eigenvalue weighted by Crippen LogP contribution is 2.42. The summed E-state index contributed by atoms with van der Waals surface area (Å²) in [6.45, 7) is 38.8. The highest BCUT2D eigenvalue weighted by molar-refractivity contribution is 7.00. The van der Waals surface area contributed by atoms with E-state index in [1.165, 1.54) is 20.7 Å². The average Bonchev–Trinajstić information content (AvgIpc) is 3.29. The molecule has 368 valence electrons. The van der Waals surface area contributed by atoms with E-state index in [-0.39, 0.29) is 63.9 Å². The van der Waals surface area contributed by atoms with Gasteiger partial charge in [0.2, 0.25) is 0 Å². The third kappa shape index (κ3) is 13.6. The van der Waals surface area contributed by atoms with Crippen molar-refractivity contribution in [2.45, 2.75) is 149 Å². The quantitative estimate of drug-likeness (QED) is 0.0429. The molecule has 0 radical (unpaired) electrons. The van der Waals surface area contributed by atoms with Crippen LogP contribution >= 0.6 is 0 Å². The summed E-state index contributed by atoms with van der Waals surface area (Å²) < 4.78 is 35.2. The number of aliphatic hydroxyl groups is 1. The van der Waals surface area contributed by atoms with Gasteiger partial charge in [0.15, 0.2) is 8.32 Å². The summed E-state index contributed by atoms with van der Waals surface area (Å²) in [6, 6.07) is 43.3. The van der Waals surface area contributed by atoms with Crippen LogP contribution in [0.2, 0.25) is 28.2 Å². The van der Waals surface area contributed by atoms with Gasteiger partial charge in [-0.3, -0.25) is 0 Å². The summed E-state index contributed by atoms with van der Waals surface area (Å²) >= 11 is 0. The van der Waals surface area contributed by atoms with E-state index in [1.54, 1.807) is 7.11 Å². The summed E-state index contributed by atoms with van der Waals surface area (Å²) in [5.41, 5.74) is 0. The zero-order valence-electron chi connectivity index (χ0n) is 44.2. The first-order chi connectivity index (χ1) is 31.4. The molecule has 1 N–H and O–H groups in total. The van der Waals surface area contributed by atoms with Crippen molar-refractivity contribution in [2.75, 3.05) is 20.5 Å². The van der Waals surface area contributed by atoms with E-state index in [1.807, 2.05) is 13.0 Å². The maximum atomic E-state index is 11.9. The van der Waals surface area contributed by atoms with Crippen molar-refractivity contribution in [3.63, 3.8) is 0 Å². The van der Waals surface area contributed by atoms with Crippen LogP contribution in [0.3, 0.4) is 0 Å². The van der Waals surface area contributed by atoms with Crippen molar-refractivity contribution in [3.05, 3.63) is 146 Å². The fraction of sp³-hybridized carbons (Fsp3) is 0.517. The number of methoxy groups -OCH3 is 1. The highest BCUT2D eigenvalue weighted by Gasteiger charge is 2.53. The number of ether oxygens (including phenoxy) is 2. The third-order valence-electron chi connectivity index (χ3n) is 14.6. The Kier molecular flexibility index (Phi) is 20.2. The van der Waals surface area contributed by atoms with Gasteiger partial charge < -0.3 is 27.9 Å². The van der Waals surface area contributed by atoms with Crippen LogP contribution in [0.1, 0.15) is 96.4 Å². The normalized spacial score (nSPS) is 17.0. The van der Waals surface area contributed by atoms with Crippen LogP contribution < -0.4 is 20.7 Å². The number of hydrogen-bond acceptors (Lipinski definition) is 6. The second-order valence-electron chi connectivity index (χ2n) is 22.6. The van der Waals surface area contributed by atoms with Crippen molar-refractivity contribution in [1.29, 1.82) is 0 Å². The molecule has 0 aliphatic carbocycles. The first-order valence-electron chi connectivity index (χ1n) is 24.7. The van der Waals surface area contributed by atoms with Gasteiger partial charge in [-0.05, 0) is 49.0 Å². The predicted molar refractivity (Wildman–Crippen MR) is 292 cm³/mol. The Morgan fingerprint density at radius 2 is 1.00 bits per heavy atom. The summed E-state index contributed by atoms with van der Waals surface area (Å²) in [5.74, 6) is -0.368. The second kappa shape index (κ2) is 24.1. The van der Waals surface area contributed by atoms with Crippen molar-refractivity contribution in [3.8, 4) is 0 Å². The van der Waals surface area contributed by atoms with E-state index >= 15 is 0 Å². The SMILES string of the molecule is C=C[C@H](C)[C@H](O)[C@@H](C)[C@H](C[C@@H](/C=C\[C@H](C)[C@H](OCOC)[C@@H](C)CO[Si](c1ccccc1)(c1ccccc1)C(C)(C)C)O[Si](c1ccccc1)(c1ccccc1)C(C)(C)C)O[Si](C)(C)C(C)(C)C. The molecule has 4 aromatic carbocycles. The lowest BCUT2D eigenvalue weighted by Crippen LogP contribution is -2.67. The molecule has 4 rings (SSSR count). The van der Waals surface area contributed by atoms with Crippen LogP contribution in [-0.2, 0) is 22.8 Å². The Bertz CT molecular complexity index is 2000. The van der Waals surface area contributed by atoms with Crippen LogP contribution in [0, 0.1) is 23.7 Å². The minimum atomic E-state index is -3.06. The largest absolute Gasteiger partial charge is 0.413 e. The molecule has 0 unspecified atom stereocenters. The molecule has 0 spiro atoms. The Hall–Kier alpha value is -3.23. The van der Waals surface area contributed by atoms with E-state index in [9.17, 15) is 5.11 Å². The molecule has 0 saturated carbocycles. The first-order valence-corrected chi connectivity index (χ1v) is 31.4. The van der Waals surface area contributed by atoms with E-state index in [4.69, 9.17) is 22.8 Å². The zero-order valence-corrected chi connectivity index (χ0v) is 47.2. The Morgan fingerprint density at radius 3 is 1.37 bits per heavy atom. The van der Waals surface area contributed by atoms with Crippen molar-refractivity contribution >= 4 is 45.7 Å². The maximum Gasteiger partial charge on any atom is 0.261 e. The summed E-state index contributed by atoms with van der Waals surface area (Å²) in [7, 11) is -6.53. The molecule has 0 saturated heterocycles. The first kappa shape index (κ1) is 56.4. The molecule has 0 aromatic heterocycles.